The Bertz CT molecular complexity index is 947. The first-order valence-corrected chi connectivity index (χ1v) is 8.63. The summed E-state index contributed by atoms with van der Waals surface area (Å²) in [6, 6.07) is 16.2. The van der Waals surface area contributed by atoms with Crippen LogP contribution in [-0.4, -0.2) is 30.0 Å². The Morgan fingerprint density at radius 2 is 1.85 bits per heavy atom. The number of hydrogen-bond acceptors (Lipinski definition) is 5. The molecule has 0 saturated carbocycles. The molecule has 0 unspecified atom stereocenters. The molecule has 1 amide bonds. The van der Waals surface area contributed by atoms with Crippen LogP contribution in [0.1, 0.15) is 5.56 Å². The van der Waals surface area contributed by atoms with Crippen molar-refractivity contribution in [2.75, 3.05) is 13.2 Å². The van der Waals surface area contributed by atoms with Gasteiger partial charge in [-0.1, -0.05) is 41.9 Å². The maximum Gasteiger partial charge on any atom is 0.325 e. The summed E-state index contributed by atoms with van der Waals surface area (Å²) in [7, 11) is 0. The first-order chi connectivity index (χ1) is 13.1. The van der Waals surface area contributed by atoms with Crippen molar-refractivity contribution in [3.05, 3.63) is 71.4 Å². The summed E-state index contributed by atoms with van der Waals surface area (Å²) in [5, 5.41) is 3.75. The van der Waals surface area contributed by atoms with Crippen LogP contribution in [0.5, 0.6) is 5.75 Å². The summed E-state index contributed by atoms with van der Waals surface area (Å²) in [4.78, 5) is 27.8. The number of halogens is 1. The molecular weight excluding hydrogens is 368 g/mol. The monoisotopic (exact) mass is 384 g/mol. The summed E-state index contributed by atoms with van der Waals surface area (Å²) in [5.74, 6) is -0.520. The number of esters is 1. The molecule has 2 aromatic carbocycles. The van der Waals surface area contributed by atoms with Crippen LogP contribution in [0.25, 0.3) is 10.9 Å². The average molecular weight is 385 g/mol. The standard InChI is InChI=1S/C20H17ClN2O4/c21-16-8-9-17(20-15(16)7-4-10-22-20)26-13-18(24)23-11-19(25)27-12-14-5-2-1-3-6-14/h1-10H,11-13H2,(H,23,24). The number of nitrogens with zero attached hydrogens (tertiary/aromatic N) is 1. The molecule has 27 heavy (non-hydrogen) atoms. The number of ether oxygens (including phenoxy) is 2. The fourth-order valence-corrected chi connectivity index (χ4v) is 2.60. The lowest BCUT2D eigenvalue weighted by Crippen LogP contribution is -2.34. The number of carbonyl (C=O) groups excluding carboxylic acids is 2. The summed E-state index contributed by atoms with van der Waals surface area (Å²) in [6.45, 7) is -0.317. The van der Waals surface area contributed by atoms with Crippen molar-refractivity contribution in [1.29, 1.82) is 0 Å². The fraction of sp³-hybridized carbons (Fsp3) is 0.150. The normalized spacial score (nSPS) is 10.4. The van der Waals surface area contributed by atoms with E-state index in [1.807, 2.05) is 36.4 Å². The maximum absolute atomic E-state index is 11.9. The van der Waals surface area contributed by atoms with E-state index in [1.165, 1.54) is 0 Å². The summed E-state index contributed by atoms with van der Waals surface area (Å²) in [6.07, 6.45) is 1.62. The van der Waals surface area contributed by atoms with Gasteiger partial charge in [-0.05, 0) is 29.8 Å². The number of rotatable bonds is 7. The number of benzene rings is 2. The molecule has 0 aliphatic rings. The number of carbonyl (C=O) groups is 2. The molecule has 0 aliphatic carbocycles. The van der Waals surface area contributed by atoms with Crippen LogP contribution in [0.15, 0.2) is 60.8 Å². The number of hydrogen-bond donors (Lipinski definition) is 1. The minimum atomic E-state index is -0.522. The quantitative estimate of drug-likeness (QED) is 0.633. The molecule has 0 fully saturated rings. The summed E-state index contributed by atoms with van der Waals surface area (Å²) >= 11 is 6.12. The van der Waals surface area contributed by atoms with Crippen molar-refractivity contribution in [2.24, 2.45) is 0 Å². The topological polar surface area (TPSA) is 77.5 Å². The molecule has 0 atom stereocenters. The minimum Gasteiger partial charge on any atom is -0.481 e. The number of pyridine rings is 1. The highest BCUT2D eigenvalue weighted by Gasteiger charge is 2.11. The second kappa shape index (κ2) is 9.00. The molecule has 0 saturated heterocycles. The third-order valence-electron chi connectivity index (χ3n) is 3.71. The fourth-order valence-electron chi connectivity index (χ4n) is 2.38. The Balaban J connectivity index is 1.46. The van der Waals surface area contributed by atoms with Gasteiger partial charge < -0.3 is 14.8 Å². The summed E-state index contributed by atoms with van der Waals surface area (Å²) < 4.78 is 10.6. The van der Waals surface area contributed by atoms with Crippen molar-refractivity contribution >= 4 is 34.4 Å². The van der Waals surface area contributed by atoms with Gasteiger partial charge in [0.25, 0.3) is 5.91 Å². The van der Waals surface area contributed by atoms with E-state index in [0.717, 1.165) is 10.9 Å². The average Bonchev–Trinajstić information content (AvgIpc) is 2.71. The number of fused-ring (bicyclic) bond motifs is 1. The smallest absolute Gasteiger partial charge is 0.325 e. The number of amides is 1. The van der Waals surface area contributed by atoms with Crippen molar-refractivity contribution < 1.29 is 19.1 Å². The van der Waals surface area contributed by atoms with Gasteiger partial charge in [-0.3, -0.25) is 14.6 Å². The lowest BCUT2D eigenvalue weighted by Gasteiger charge is -2.10. The second-order valence-corrected chi connectivity index (χ2v) is 6.06. The Labute approximate surface area is 161 Å². The highest BCUT2D eigenvalue weighted by Crippen LogP contribution is 2.29. The van der Waals surface area contributed by atoms with E-state index in [0.29, 0.717) is 16.3 Å². The van der Waals surface area contributed by atoms with E-state index in [1.54, 1.807) is 24.4 Å². The van der Waals surface area contributed by atoms with Gasteiger partial charge in [-0.25, -0.2) is 0 Å². The Morgan fingerprint density at radius 3 is 2.67 bits per heavy atom. The van der Waals surface area contributed by atoms with Crippen LogP contribution in [0.2, 0.25) is 5.02 Å². The third kappa shape index (κ3) is 5.18. The third-order valence-corrected chi connectivity index (χ3v) is 4.04. The van der Waals surface area contributed by atoms with Crippen molar-refractivity contribution in [2.45, 2.75) is 6.61 Å². The molecule has 7 heteroatoms. The van der Waals surface area contributed by atoms with E-state index >= 15 is 0 Å². The van der Waals surface area contributed by atoms with Crippen molar-refractivity contribution in [3.8, 4) is 5.75 Å². The molecule has 3 aromatic rings. The van der Waals surface area contributed by atoms with E-state index in [-0.39, 0.29) is 19.8 Å². The van der Waals surface area contributed by atoms with Gasteiger partial charge >= 0.3 is 5.97 Å². The zero-order valence-corrected chi connectivity index (χ0v) is 15.1. The molecule has 1 N–H and O–H groups in total. The first kappa shape index (κ1) is 18.7. The van der Waals surface area contributed by atoms with Crippen LogP contribution in [0.3, 0.4) is 0 Å². The van der Waals surface area contributed by atoms with Gasteiger partial charge in [0.15, 0.2) is 6.61 Å². The molecule has 0 radical (unpaired) electrons. The van der Waals surface area contributed by atoms with Crippen LogP contribution in [-0.2, 0) is 20.9 Å². The molecule has 0 aliphatic heterocycles. The van der Waals surface area contributed by atoms with E-state index in [2.05, 4.69) is 10.3 Å². The van der Waals surface area contributed by atoms with E-state index in [4.69, 9.17) is 21.1 Å². The Kier molecular flexibility index (Phi) is 6.22. The Morgan fingerprint density at radius 1 is 1.04 bits per heavy atom. The molecular formula is C20H17ClN2O4. The van der Waals surface area contributed by atoms with Crippen molar-refractivity contribution in [3.63, 3.8) is 0 Å². The van der Waals surface area contributed by atoms with Crippen LogP contribution in [0.4, 0.5) is 0 Å². The van der Waals surface area contributed by atoms with Gasteiger partial charge in [0.05, 0.1) is 5.02 Å². The van der Waals surface area contributed by atoms with Gasteiger partial charge in [0, 0.05) is 11.6 Å². The SMILES string of the molecule is O=C(COc1ccc(Cl)c2cccnc12)NCC(=O)OCc1ccccc1. The summed E-state index contributed by atoms with van der Waals surface area (Å²) in [5.41, 5.74) is 1.45. The van der Waals surface area contributed by atoms with Crippen LogP contribution >= 0.6 is 11.6 Å². The minimum absolute atomic E-state index is 0.161. The van der Waals surface area contributed by atoms with Gasteiger partial charge in [0.1, 0.15) is 24.4 Å². The lowest BCUT2D eigenvalue weighted by molar-refractivity contribution is -0.145. The van der Waals surface area contributed by atoms with Crippen molar-refractivity contribution in [1.82, 2.24) is 10.3 Å². The molecule has 6 nitrogen and oxygen atoms in total. The second-order valence-electron chi connectivity index (χ2n) is 5.66. The highest BCUT2D eigenvalue weighted by atomic mass is 35.5. The van der Waals surface area contributed by atoms with Crippen LogP contribution in [0, 0.1) is 0 Å². The Hall–Kier alpha value is -3.12. The van der Waals surface area contributed by atoms with Crippen LogP contribution < -0.4 is 10.1 Å². The highest BCUT2D eigenvalue weighted by molar-refractivity contribution is 6.35. The molecule has 1 heterocycles. The number of aromatic nitrogens is 1. The van der Waals surface area contributed by atoms with E-state index in [9.17, 15) is 9.59 Å². The first-order valence-electron chi connectivity index (χ1n) is 8.26. The zero-order chi connectivity index (χ0) is 19.1. The van der Waals surface area contributed by atoms with Gasteiger partial charge in [-0.2, -0.15) is 0 Å². The molecule has 1 aromatic heterocycles. The molecule has 0 spiro atoms. The maximum atomic E-state index is 11.9. The zero-order valence-electron chi connectivity index (χ0n) is 14.4. The van der Waals surface area contributed by atoms with E-state index < -0.39 is 11.9 Å². The molecule has 138 valence electrons. The predicted octanol–water partition coefficient (Wildman–Crippen LogP) is 3.13. The largest absolute Gasteiger partial charge is 0.481 e. The van der Waals surface area contributed by atoms with Gasteiger partial charge in [0.2, 0.25) is 0 Å². The molecule has 3 rings (SSSR count). The number of nitrogens with one attached hydrogen (secondary N) is 1. The molecule has 0 bridgehead atoms. The lowest BCUT2D eigenvalue weighted by atomic mass is 10.2. The van der Waals surface area contributed by atoms with Gasteiger partial charge in [-0.15, -0.1) is 0 Å². The predicted molar refractivity (Wildman–Crippen MR) is 101 cm³/mol.